The number of nitrogens with one attached hydrogen (secondary N) is 1. The molecule has 2 rings (SSSR count). The zero-order chi connectivity index (χ0) is 13.7. The fourth-order valence-corrected chi connectivity index (χ4v) is 1.80. The van der Waals surface area contributed by atoms with Gasteiger partial charge in [-0.05, 0) is 24.6 Å². The summed E-state index contributed by atoms with van der Waals surface area (Å²) >= 11 is 0. The molecule has 3 nitrogen and oxygen atoms in total. The molecule has 0 unspecified atom stereocenters. The van der Waals surface area contributed by atoms with E-state index in [9.17, 15) is 0 Å². The summed E-state index contributed by atoms with van der Waals surface area (Å²) < 4.78 is 5.17. The van der Waals surface area contributed by atoms with Crippen LogP contribution in [0, 0.1) is 18.3 Å². The molecule has 0 aromatic heterocycles. The van der Waals surface area contributed by atoms with Crippen molar-refractivity contribution in [2.45, 2.75) is 13.5 Å². The van der Waals surface area contributed by atoms with Gasteiger partial charge in [-0.3, -0.25) is 0 Å². The summed E-state index contributed by atoms with van der Waals surface area (Å²) in [6.45, 7) is 2.75. The molecule has 0 saturated heterocycles. The van der Waals surface area contributed by atoms with Gasteiger partial charge in [0, 0.05) is 12.6 Å². The van der Waals surface area contributed by atoms with Gasteiger partial charge >= 0.3 is 0 Å². The van der Waals surface area contributed by atoms with Gasteiger partial charge in [0.1, 0.15) is 11.8 Å². The topological polar surface area (TPSA) is 45.0 Å². The SMILES string of the molecule is COc1ccc(C#N)c(NCc2ccc(C)cc2)c1. The van der Waals surface area contributed by atoms with E-state index in [1.54, 1.807) is 19.2 Å². The van der Waals surface area contributed by atoms with Gasteiger partial charge in [0.2, 0.25) is 0 Å². The summed E-state index contributed by atoms with van der Waals surface area (Å²) in [5.74, 6) is 0.741. The van der Waals surface area contributed by atoms with E-state index >= 15 is 0 Å². The van der Waals surface area contributed by atoms with E-state index in [1.807, 2.05) is 6.07 Å². The summed E-state index contributed by atoms with van der Waals surface area (Å²) in [7, 11) is 1.62. The van der Waals surface area contributed by atoms with E-state index in [2.05, 4.69) is 42.6 Å². The molecule has 0 saturated carbocycles. The number of hydrogen-bond donors (Lipinski definition) is 1. The highest BCUT2D eigenvalue weighted by Crippen LogP contribution is 2.22. The Labute approximate surface area is 113 Å². The van der Waals surface area contributed by atoms with Crippen LogP contribution >= 0.6 is 0 Å². The number of rotatable bonds is 4. The van der Waals surface area contributed by atoms with Crippen LogP contribution in [0.1, 0.15) is 16.7 Å². The van der Waals surface area contributed by atoms with E-state index in [-0.39, 0.29) is 0 Å². The summed E-state index contributed by atoms with van der Waals surface area (Å²) in [5, 5.41) is 12.4. The van der Waals surface area contributed by atoms with E-state index in [1.165, 1.54) is 11.1 Å². The molecule has 0 aliphatic rings. The molecule has 0 bridgehead atoms. The van der Waals surface area contributed by atoms with Crippen LogP contribution < -0.4 is 10.1 Å². The van der Waals surface area contributed by atoms with Gasteiger partial charge in [0.15, 0.2) is 0 Å². The fourth-order valence-electron chi connectivity index (χ4n) is 1.80. The van der Waals surface area contributed by atoms with Gasteiger partial charge in [-0.25, -0.2) is 0 Å². The monoisotopic (exact) mass is 252 g/mol. The number of nitrogens with zero attached hydrogens (tertiary/aromatic N) is 1. The Kier molecular flexibility index (Phi) is 4.04. The third-order valence-corrected chi connectivity index (χ3v) is 2.95. The van der Waals surface area contributed by atoms with Crippen molar-refractivity contribution < 1.29 is 4.74 Å². The fraction of sp³-hybridized carbons (Fsp3) is 0.188. The number of methoxy groups -OCH3 is 1. The first-order valence-corrected chi connectivity index (χ1v) is 6.10. The summed E-state index contributed by atoms with van der Waals surface area (Å²) in [6, 6.07) is 15.9. The Hall–Kier alpha value is -2.47. The van der Waals surface area contributed by atoms with Gasteiger partial charge in [-0.15, -0.1) is 0 Å². The van der Waals surface area contributed by atoms with Gasteiger partial charge in [-0.1, -0.05) is 29.8 Å². The maximum atomic E-state index is 9.08. The molecule has 3 heteroatoms. The number of nitriles is 1. The molecule has 0 aliphatic carbocycles. The van der Waals surface area contributed by atoms with Gasteiger partial charge < -0.3 is 10.1 Å². The zero-order valence-electron chi connectivity index (χ0n) is 11.1. The van der Waals surface area contributed by atoms with Crippen molar-refractivity contribution in [1.29, 1.82) is 5.26 Å². The van der Waals surface area contributed by atoms with Crippen LogP contribution in [0.4, 0.5) is 5.69 Å². The lowest BCUT2D eigenvalue weighted by atomic mass is 10.1. The van der Waals surface area contributed by atoms with Crippen LogP contribution in [-0.4, -0.2) is 7.11 Å². The predicted molar refractivity (Wildman–Crippen MR) is 76.2 cm³/mol. The molecule has 19 heavy (non-hydrogen) atoms. The lowest BCUT2D eigenvalue weighted by Crippen LogP contribution is -2.01. The molecular formula is C16H16N2O. The standard InChI is InChI=1S/C16H16N2O/c1-12-3-5-13(6-4-12)11-18-16-9-15(19-2)8-7-14(16)10-17/h3-9,18H,11H2,1-2H3. The zero-order valence-corrected chi connectivity index (χ0v) is 11.1. The minimum Gasteiger partial charge on any atom is -0.497 e. The Morgan fingerprint density at radius 2 is 1.89 bits per heavy atom. The average Bonchev–Trinajstić information content (AvgIpc) is 2.46. The third-order valence-electron chi connectivity index (χ3n) is 2.95. The van der Waals surface area contributed by atoms with Crippen molar-refractivity contribution in [3.05, 3.63) is 59.2 Å². The van der Waals surface area contributed by atoms with Crippen molar-refractivity contribution in [1.82, 2.24) is 0 Å². The molecular weight excluding hydrogens is 236 g/mol. The molecule has 0 amide bonds. The van der Waals surface area contributed by atoms with Crippen LogP contribution in [0.5, 0.6) is 5.75 Å². The van der Waals surface area contributed by atoms with E-state index in [0.29, 0.717) is 12.1 Å². The highest BCUT2D eigenvalue weighted by molar-refractivity contribution is 5.60. The molecule has 0 atom stereocenters. The number of aryl methyl sites for hydroxylation is 1. The normalized spacial score (nSPS) is 9.74. The van der Waals surface area contributed by atoms with Gasteiger partial charge in [0.05, 0.1) is 18.4 Å². The summed E-state index contributed by atoms with van der Waals surface area (Å²) in [5.41, 5.74) is 3.83. The maximum absolute atomic E-state index is 9.08. The smallest absolute Gasteiger partial charge is 0.121 e. The first-order chi connectivity index (χ1) is 9.22. The Morgan fingerprint density at radius 3 is 2.53 bits per heavy atom. The molecule has 96 valence electrons. The summed E-state index contributed by atoms with van der Waals surface area (Å²) in [4.78, 5) is 0. The van der Waals surface area contributed by atoms with Gasteiger partial charge in [0.25, 0.3) is 0 Å². The molecule has 0 radical (unpaired) electrons. The van der Waals surface area contributed by atoms with E-state index in [0.717, 1.165) is 11.4 Å². The molecule has 2 aromatic carbocycles. The molecule has 0 heterocycles. The van der Waals surface area contributed by atoms with Crippen LogP contribution in [0.15, 0.2) is 42.5 Å². The number of benzene rings is 2. The lowest BCUT2D eigenvalue weighted by Gasteiger charge is -2.10. The van der Waals surface area contributed by atoms with Gasteiger partial charge in [-0.2, -0.15) is 5.26 Å². The largest absolute Gasteiger partial charge is 0.497 e. The first kappa shape index (κ1) is 13.0. The second kappa shape index (κ2) is 5.92. The van der Waals surface area contributed by atoms with Crippen molar-refractivity contribution in [2.24, 2.45) is 0 Å². The second-order valence-electron chi connectivity index (χ2n) is 4.36. The molecule has 0 spiro atoms. The Bertz CT molecular complexity index is 597. The quantitative estimate of drug-likeness (QED) is 0.906. The van der Waals surface area contributed by atoms with Crippen LogP contribution in [0.3, 0.4) is 0 Å². The highest BCUT2D eigenvalue weighted by atomic mass is 16.5. The van der Waals surface area contributed by atoms with Crippen LogP contribution in [-0.2, 0) is 6.54 Å². The summed E-state index contributed by atoms with van der Waals surface area (Å²) in [6.07, 6.45) is 0. The van der Waals surface area contributed by atoms with E-state index in [4.69, 9.17) is 10.00 Å². The lowest BCUT2D eigenvalue weighted by molar-refractivity contribution is 0.415. The average molecular weight is 252 g/mol. The van der Waals surface area contributed by atoms with E-state index < -0.39 is 0 Å². The predicted octanol–water partition coefficient (Wildman–Crippen LogP) is 3.49. The Morgan fingerprint density at radius 1 is 1.16 bits per heavy atom. The minimum atomic E-state index is 0.618. The molecule has 2 aromatic rings. The van der Waals surface area contributed by atoms with Crippen molar-refractivity contribution in [3.8, 4) is 11.8 Å². The maximum Gasteiger partial charge on any atom is 0.121 e. The molecule has 1 N–H and O–H groups in total. The Balaban J connectivity index is 2.14. The first-order valence-electron chi connectivity index (χ1n) is 6.10. The minimum absolute atomic E-state index is 0.618. The van der Waals surface area contributed by atoms with Crippen molar-refractivity contribution in [3.63, 3.8) is 0 Å². The van der Waals surface area contributed by atoms with Crippen LogP contribution in [0.25, 0.3) is 0 Å². The number of hydrogen-bond acceptors (Lipinski definition) is 3. The highest BCUT2D eigenvalue weighted by Gasteiger charge is 2.03. The van der Waals surface area contributed by atoms with Crippen molar-refractivity contribution in [2.75, 3.05) is 12.4 Å². The number of anilines is 1. The number of ether oxygens (including phenoxy) is 1. The third kappa shape index (κ3) is 3.26. The van der Waals surface area contributed by atoms with Crippen LogP contribution in [0.2, 0.25) is 0 Å². The second-order valence-corrected chi connectivity index (χ2v) is 4.36. The molecule has 0 fully saturated rings. The van der Waals surface area contributed by atoms with Crippen molar-refractivity contribution >= 4 is 5.69 Å². The molecule has 0 aliphatic heterocycles.